The van der Waals surface area contributed by atoms with Crippen molar-refractivity contribution in [1.82, 2.24) is 15.1 Å². The van der Waals surface area contributed by atoms with Crippen LogP contribution in [0.5, 0.6) is 0 Å². The van der Waals surface area contributed by atoms with Crippen molar-refractivity contribution in [3.05, 3.63) is 75.6 Å². The standard InChI is InChI=1S/C25H29N5O3/c1-15-18(20-14-21(28-24(33)26-5)23(32)30(6)29-20)8-7-9-19(15)27-22(31)16-10-12-17(13-11-16)25(2,3)4/h7-14H,1-6H3,(H,27,31)(H2,26,28,33). The molecule has 0 atom stereocenters. The number of carbonyl (C=O) groups excluding carboxylic acids is 2. The molecule has 0 aliphatic heterocycles. The Bertz CT molecular complexity index is 1250. The number of amides is 3. The molecule has 3 aromatic rings. The maximum absolute atomic E-state index is 12.9. The van der Waals surface area contributed by atoms with E-state index in [0.29, 0.717) is 16.9 Å². The maximum atomic E-state index is 12.9. The van der Waals surface area contributed by atoms with Crippen molar-refractivity contribution in [3.8, 4) is 11.3 Å². The lowest BCUT2D eigenvalue weighted by atomic mass is 9.86. The monoisotopic (exact) mass is 447 g/mol. The Labute approximate surface area is 193 Å². The zero-order chi connectivity index (χ0) is 24.3. The van der Waals surface area contributed by atoms with E-state index >= 15 is 0 Å². The van der Waals surface area contributed by atoms with Gasteiger partial charge >= 0.3 is 6.03 Å². The van der Waals surface area contributed by atoms with Crippen LogP contribution in [0.25, 0.3) is 11.3 Å². The first-order valence-corrected chi connectivity index (χ1v) is 10.6. The molecule has 0 spiro atoms. The number of urea groups is 1. The van der Waals surface area contributed by atoms with E-state index < -0.39 is 11.6 Å². The molecule has 0 aliphatic carbocycles. The number of hydrogen-bond acceptors (Lipinski definition) is 4. The highest BCUT2D eigenvalue weighted by Crippen LogP contribution is 2.28. The van der Waals surface area contributed by atoms with E-state index in [1.807, 2.05) is 43.3 Å². The van der Waals surface area contributed by atoms with Crippen molar-refractivity contribution in [3.63, 3.8) is 0 Å². The number of rotatable bonds is 4. The number of aromatic nitrogens is 2. The molecule has 33 heavy (non-hydrogen) atoms. The zero-order valence-electron chi connectivity index (χ0n) is 19.7. The van der Waals surface area contributed by atoms with E-state index in [-0.39, 0.29) is 17.0 Å². The van der Waals surface area contributed by atoms with Gasteiger partial charge in [-0.05, 0) is 47.7 Å². The summed E-state index contributed by atoms with van der Waals surface area (Å²) in [5.41, 5.74) is 4.04. The second kappa shape index (κ2) is 9.28. The van der Waals surface area contributed by atoms with Crippen LogP contribution >= 0.6 is 0 Å². The van der Waals surface area contributed by atoms with Gasteiger partial charge in [-0.3, -0.25) is 9.59 Å². The van der Waals surface area contributed by atoms with Crippen molar-refractivity contribution in [2.45, 2.75) is 33.1 Å². The van der Waals surface area contributed by atoms with Crippen LogP contribution in [0.4, 0.5) is 16.2 Å². The summed E-state index contributed by atoms with van der Waals surface area (Å²) in [4.78, 5) is 36.9. The smallest absolute Gasteiger partial charge is 0.319 e. The fourth-order valence-electron chi connectivity index (χ4n) is 3.38. The number of nitrogens with one attached hydrogen (secondary N) is 3. The zero-order valence-corrected chi connectivity index (χ0v) is 19.7. The molecule has 1 heterocycles. The molecule has 3 rings (SSSR count). The van der Waals surface area contributed by atoms with Gasteiger partial charge in [0.1, 0.15) is 5.69 Å². The van der Waals surface area contributed by atoms with Crippen LogP contribution in [0.15, 0.2) is 53.3 Å². The van der Waals surface area contributed by atoms with Gasteiger partial charge in [-0.15, -0.1) is 0 Å². The summed E-state index contributed by atoms with van der Waals surface area (Å²) in [7, 11) is 2.98. The third-order valence-electron chi connectivity index (χ3n) is 5.41. The van der Waals surface area contributed by atoms with E-state index in [1.54, 1.807) is 6.07 Å². The van der Waals surface area contributed by atoms with Gasteiger partial charge < -0.3 is 16.0 Å². The Kier molecular flexibility index (Phi) is 6.67. The Morgan fingerprint density at radius 2 is 1.64 bits per heavy atom. The summed E-state index contributed by atoms with van der Waals surface area (Å²) in [5, 5.41) is 12.2. The quantitative estimate of drug-likeness (QED) is 0.561. The molecule has 0 unspecified atom stereocenters. The molecule has 1 aromatic heterocycles. The van der Waals surface area contributed by atoms with Gasteiger partial charge in [-0.25, -0.2) is 9.48 Å². The summed E-state index contributed by atoms with van der Waals surface area (Å²) in [6, 6.07) is 14.1. The Morgan fingerprint density at radius 3 is 2.24 bits per heavy atom. The minimum Gasteiger partial charge on any atom is -0.341 e. The maximum Gasteiger partial charge on any atom is 0.319 e. The lowest BCUT2D eigenvalue weighted by Crippen LogP contribution is -2.30. The van der Waals surface area contributed by atoms with Crippen LogP contribution in [0.3, 0.4) is 0 Å². The largest absolute Gasteiger partial charge is 0.341 e. The summed E-state index contributed by atoms with van der Waals surface area (Å²) < 4.78 is 1.17. The van der Waals surface area contributed by atoms with Crippen molar-refractivity contribution in [2.75, 3.05) is 17.7 Å². The summed E-state index contributed by atoms with van der Waals surface area (Å²) in [6.07, 6.45) is 0. The van der Waals surface area contributed by atoms with Crippen LogP contribution < -0.4 is 21.5 Å². The number of benzene rings is 2. The topological polar surface area (TPSA) is 105 Å². The second-order valence-electron chi connectivity index (χ2n) is 8.84. The number of hydrogen-bond donors (Lipinski definition) is 3. The normalized spacial score (nSPS) is 11.1. The lowest BCUT2D eigenvalue weighted by Gasteiger charge is -2.19. The first-order valence-electron chi connectivity index (χ1n) is 10.6. The SMILES string of the molecule is CNC(=O)Nc1cc(-c2cccc(NC(=O)c3ccc(C(C)(C)C)cc3)c2C)nn(C)c1=O. The molecule has 3 amide bonds. The predicted octanol–water partition coefficient (Wildman–Crippen LogP) is 4.06. The second-order valence-corrected chi connectivity index (χ2v) is 8.84. The molecule has 2 aromatic carbocycles. The van der Waals surface area contributed by atoms with Gasteiger partial charge in [0.05, 0.1) is 5.69 Å². The first-order chi connectivity index (χ1) is 15.5. The van der Waals surface area contributed by atoms with Crippen molar-refractivity contribution in [2.24, 2.45) is 7.05 Å². The average Bonchev–Trinajstić information content (AvgIpc) is 2.77. The number of anilines is 2. The Morgan fingerprint density at radius 1 is 0.970 bits per heavy atom. The predicted molar refractivity (Wildman–Crippen MR) is 131 cm³/mol. The molecule has 3 N–H and O–H groups in total. The molecule has 0 saturated heterocycles. The minimum atomic E-state index is -0.500. The molecule has 0 saturated carbocycles. The van der Waals surface area contributed by atoms with Gasteiger partial charge in [0.25, 0.3) is 11.5 Å². The van der Waals surface area contributed by atoms with Crippen molar-refractivity contribution >= 4 is 23.3 Å². The van der Waals surface area contributed by atoms with Gasteiger partial charge in [0.2, 0.25) is 0 Å². The Balaban J connectivity index is 1.92. The molecule has 0 fully saturated rings. The summed E-state index contributed by atoms with van der Waals surface area (Å²) in [5.74, 6) is -0.217. The van der Waals surface area contributed by atoms with E-state index in [4.69, 9.17) is 0 Å². The fraction of sp³-hybridized carbons (Fsp3) is 0.280. The number of nitrogens with zero attached hydrogens (tertiary/aromatic N) is 2. The van der Waals surface area contributed by atoms with Crippen LogP contribution in [-0.2, 0) is 12.5 Å². The molecule has 0 aliphatic rings. The van der Waals surface area contributed by atoms with Crippen LogP contribution in [0.1, 0.15) is 42.3 Å². The summed E-state index contributed by atoms with van der Waals surface area (Å²) >= 11 is 0. The van der Waals surface area contributed by atoms with Gasteiger partial charge in [-0.2, -0.15) is 5.10 Å². The van der Waals surface area contributed by atoms with Gasteiger partial charge in [-0.1, -0.05) is 45.0 Å². The number of aryl methyl sites for hydroxylation is 1. The molecule has 8 heteroatoms. The fourth-order valence-corrected chi connectivity index (χ4v) is 3.38. The van der Waals surface area contributed by atoms with E-state index in [1.165, 1.54) is 24.8 Å². The van der Waals surface area contributed by atoms with Crippen molar-refractivity contribution in [1.29, 1.82) is 0 Å². The van der Waals surface area contributed by atoms with Crippen LogP contribution in [0, 0.1) is 6.92 Å². The van der Waals surface area contributed by atoms with Crippen molar-refractivity contribution < 1.29 is 9.59 Å². The third-order valence-corrected chi connectivity index (χ3v) is 5.41. The molecule has 0 radical (unpaired) electrons. The average molecular weight is 448 g/mol. The molecule has 8 nitrogen and oxygen atoms in total. The lowest BCUT2D eigenvalue weighted by molar-refractivity contribution is 0.102. The number of carbonyl (C=O) groups is 2. The highest BCUT2D eigenvalue weighted by atomic mass is 16.2. The molecular formula is C25H29N5O3. The highest BCUT2D eigenvalue weighted by molar-refractivity contribution is 6.05. The highest BCUT2D eigenvalue weighted by Gasteiger charge is 2.17. The molecular weight excluding hydrogens is 418 g/mol. The van der Waals surface area contributed by atoms with E-state index in [9.17, 15) is 14.4 Å². The minimum absolute atomic E-state index is 0.00816. The van der Waals surface area contributed by atoms with Gasteiger partial charge in [0.15, 0.2) is 0 Å². The first kappa shape index (κ1) is 23.7. The molecule has 0 bridgehead atoms. The summed E-state index contributed by atoms with van der Waals surface area (Å²) in [6.45, 7) is 8.24. The van der Waals surface area contributed by atoms with E-state index in [2.05, 4.69) is 41.8 Å². The third kappa shape index (κ3) is 5.28. The van der Waals surface area contributed by atoms with Crippen LogP contribution in [-0.4, -0.2) is 28.8 Å². The molecule has 172 valence electrons. The van der Waals surface area contributed by atoms with Gasteiger partial charge in [0, 0.05) is 30.9 Å². The van der Waals surface area contributed by atoms with Crippen LogP contribution in [0.2, 0.25) is 0 Å². The Hall–Kier alpha value is -3.94. The van der Waals surface area contributed by atoms with E-state index in [0.717, 1.165) is 16.7 Å².